The van der Waals surface area contributed by atoms with Crippen LogP contribution < -0.4 is 10.1 Å². The lowest BCUT2D eigenvalue weighted by Crippen LogP contribution is -2.28. The molecule has 1 fully saturated rings. The lowest BCUT2D eigenvalue weighted by Gasteiger charge is -2.14. The molecule has 1 aromatic heterocycles. The minimum atomic E-state index is -0.0398. The number of benzene rings is 1. The van der Waals surface area contributed by atoms with Gasteiger partial charge in [0.05, 0.1) is 18.9 Å². The summed E-state index contributed by atoms with van der Waals surface area (Å²) in [7, 11) is 0. The summed E-state index contributed by atoms with van der Waals surface area (Å²) in [6.45, 7) is 4.89. The van der Waals surface area contributed by atoms with E-state index >= 15 is 0 Å². The van der Waals surface area contributed by atoms with Crippen LogP contribution in [0.3, 0.4) is 0 Å². The zero-order chi connectivity index (χ0) is 18.2. The van der Waals surface area contributed by atoms with Crippen LogP contribution in [0.5, 0.6) is 5.75 Å². The molecule has 2 aromatic rings. The Morgan fingerprint density at radius 2 is 1.96 bits per heavy atom. The van der Waals surface area contributed by atoms with Gasteiger partial charge in [0, 0.05) is 13.1 Å². The highest BCUT2D eigenvalue weighted by atomic mass is 16.5. The fraction of sp³-hybridized carbons (Fsp3) is 0.450. The Kier molecular flexibility index (Phi) is 6.41. The van der Waals surface area contributed by atoms with Crippen LogP contribution in [0.1, 0.15) is 42.2 Å². The van der Waals surface area contributed by atoms with Gasteiger partial charge in [-0.1, -0.05) is 25.5 Å². The summed E-state index contributed by atoms with van der Waals surface area (Å²) < 4.78 is 5.73. The second-order valence-corrected chi connectivity index (χ2v) is 6.46. The standard InChI is InChI=1S/C20H26N4O2/c1-2-5-16-6-8-17(9-7-16)26-13-10-22-19-15-21-14-18(23-19)20(25)24-11-3-4-12-24/h6-9,14-15H,2-5,10-13H2,1H3,(H,22,23). The van der Waals surface area contributed by atoms with Gasteiger partial charge in [0.15, 0.2) is 0 Å². The van der Waals surface area contributed by atoms with Crippen molar-refractivity contribution in [3.63, 3.8) is 0 Å². The number of nitrogens with zero attached hydrogens (tertiary/aromatic N) is 3. The Morgan fingerprint density at radius 3 is 2.69 bits per heavy atom. The second-order valence-electron chi connectivity index (χ2n) is 6.46. The average molecular weight is 354 g/mol. The molecule has 0 atom stereocenters. The molecular weight excluding hydrogens is 328 g/mol. The molecule has 6 heteroatoms. The van der Waals surface area contributed by atoms with E-state index in [1.165, 1.54) is 11.8 Å². The molecule has 138 valence electrons. The summed E-state index contributed by atoms with van der Waals surface area (Å²) in [4.78, 5) is 22.7. The highest BCUT2D eigenvalue weighted by Crippen LogP contribution is 2.14. The van der Waals surface area contributed by atoms with Crippen molar-refractivity contribution in [2.45, 2.75) is 32.6 Å². The number of hydrogen-bond acceptors (Lipinski definition) is 5. The van der Waals surface area contributed by atoms with Gasteiger partial charge in [-0.15, -0.1) is 0 Å². The molecule has 1 N–H and O–H groups in total. The number of anilines is 1. The van der Waals surface area contributed by atoms with Crippen LogP contribution in [0.2, 0.25) is 0 Å². The molecule has 1 amide bonds. The number of carbonyl (C=O) groups excluding carboxylic acids is 1. The van der Waals surface area contributed by atoms with Gasteiger partial charge in [-0.2, -0.15) is 0 Å². The third kappa shape index (κ3) is 4.94. The predicted molar refractivity (Wildman–Crippen MR) is 102 cm³/mol. The molecule has 0 radical (unpaired) electrons. The Hall–Kier alpha value is -2.63. The van der Waals surface area contributed by atoms with Crippen LogP contribution in [-0.4, -0.2) is 47.0 Å². The van der Waals surface area contributed by atoms with Crippen LogP contribution in [0.25, 0.3) is 0 Å². The van der Waals surface area contributed by atoms with E-state index in [2.05, 4.69) is 34.3 Å². The predicted octanol–water partition coefficient (Wildman–Crippen LogP) is 3.16. The van der Waals surface area contributed by atoms with Gasteiger partial charge in [-0.25, -0.2) is 4.98 Å². The molecule has 1 aromatic carbocycles. The van der Waals surface area contributed by atoms with E-state index in [-0.39, 0.29) is 5.91 Å². The highest BCUT2D eigenvalue weighted by molar-refractivity contribution is 5.92. The van der Waals surface area contributed by atoms with Crippen molar-refractivity contribution >= 4 is 11.7 Å². The maximum Gasteiger partial charge on any atom is 0.274 e. The summed E-state index contributed by atoms with van der Waals surface area (Å²) in [5, 5.41) is 3.16. The average Bonchev–Trinajstić information content (AvgIpc) is 3.21. The van der Waals surface area contributed by atoms with E-state index in [1.807, 2.05) is 17.0 Å². The van der Waals surface area contributed by atoms with E-state index < -0.39 is 0 Å². The lowest BCUT2D eigenvalue weighted by molar-refractivity contribution is 0.0786. The van der Waals surface area contributed by atoms with E-state index in [0.29, 0.717) is 24.7 Å². The number of rotatable bonds is 8. The van der Waals surface area contributed by atoms with Gasteiger partial charge >= 0.3 is 0 Å². The summed E-state index contributed by atoms with van der Waals surface area (Å²) >= 11 is 0. The number of hydrogen-bond donors (Lipinski definition) is 1. The number of amides is 1. The molecule has 0 aliphatic carbocycles. The molecule has 1 aliphatic heterocycles. The van der Waals surface area contributed by atoms with E-state index in [0.717, 1.165) is 44.5 Å². The maximum atomic E-state index is 12.4. The normalized spacial score (nSPS) is 13.7. The molecule has 6 nitrogen and oxygen atoms in total. The van der Waals surface area contributed by atoms with Gasteiger partial charge in [0.1, 0.15) is 23.9 Å². The van der Waals surface area contributed by atoms with Crippen LogP contribution in [0, 0.1) is 0 Å². The molecule has 26 heavy (non-hydrogen) atoms. The Labute approximate surface area is 154 Å². The number of carbonyl (C=O) groups is 1. The van der Waals surface area contributed by atoms with Crippen molar-refractivity contribution in [3.05, 3.63) is 47.9 Å². The fourth-order valence-corrected chi connectivity index (χ4v) is 3.03. The molecule has 0 bridgehead atoms. The molecule has 1 saturated heterocycles. The summed E-state index contributed by atoms with van der Waals surface area (Å²) in [5.41, 5.74) is 1.72. The zero-order valence-corrected chi connectivity index (χ0v) is 15.3. The number of ether oxygens (including phenoxy) is 1. The monoisotopic (exact) mass is 354 g/mol. The van der Waals surface area contributed by atoms with Crippen LogP contribution in [0.15, 0.2) is 36.7 Å². The first-order valence-electron chi connectivity index (χ1n) is 9.33. The minimum Gasteiger partial charge on any atom is -0.492 e. The van der Waals surface area contributed by atoms with Crippen LogP contribution in [-0.2, 0) is 6.42 Å². The smallest absolute Gasteiger partial charge is 0.274 e. The van der Waals surface area contributed by atoms with Gasteiger partial charge in [-0.3, -0.25) is 9.78 Å². The topological polar surface area (TPSA) is 67.3 Å². The van der Waals surface area contributed by atoms with Crippen molar-refractivity contribution in [2.24, 2.45) is 0 Å². The first-order valence-corrected chi connectivity index (χ1v) is 9.33. The summed E-state index contributed by atoms with van der Waals surface area (Å²) in [6.07, 6.45) is 7.51. The lowest BCUT2D eigenvalue weighted by atomic mass is 10.1. The molecule has 1 aliphatic rings. The zero-order valence-electron chi connectivity index (χ0n) is 15.3. The maximum absolute atomic E-state index is 12.4. The second kappa shape index (κ2) is 9.17. The first kappa shape index (κ1) is 18.2. The fourth-order valence-electron chi connectivity index (χ4n) is 3.03. The van der Waals surface area contributed by atoms with Crippen molar-refractivity contribution in [1.82, 2.24) is 14.9 Å². The summed E-state index contributed by atoms with van der Waals surface area (Å²) in [5.74, 6) is 1.41. The van der Waals surface area contributed by atoms with E-state index in [1.54, 1.807) is 6.20 Å². The number of likely N-dealkylation sites (tertiary alicyclic amines) is 1. The third-order valence-corrected chi connectivity index (χ3v) is 4.39. The SMILES string of the molecule is CCCc1ccc(OCCNc2cncc(C(=O)N3CCCC3)n2)cc1. The minimum absolute atomic E-state index is 0.0398. The first-order chi connectivity index (χ1) is 12.8. The van der Waals surface area contributed by atoms with Crippen molar-refractivity contribution in [1.29, 1.82) is 0 Å². The molecule has 0 unspecified atom stereocenters. The van der Waals surface area contributed by atoms with Crippen LogP contribution >= 0.6 is 0 Å². The Bertz CT molecular complexity index is 712. The van der Waals surface area contributed by atoms with Crippen molar-refractivity contribution in [2.75, 3.05) is 31.6 Å². The number of nitrogens with one attached hydrogen (secondary N) is 1. The third-order valence-electron chi connectivity index (χ3n) is 4.39. The Morgan fingerprint density at radius 1 is 1.19 bits per heavy atom. The molecule has 0 spiro atoms. The van der Waals surface area contributed by atoms with E-state index in [9.17, 15) is 4.79 Å². The summed E-state index contributed by atoms with van der Waals surface area (Å²) in [6, 6.07) is 8.20. The van der Waals surface area contributed by atoms with E-state index in [4.69, 9.17) is 4.74 Å². The molecule has 0 saturated carbocycles. The van der Waals surface area contributed by atoms with Gasteiger partial charge in [0.25, 0.3) is 5.91 Å². The molecule has 2 heterocycles. The van der Waals surface area contributed by atoms with Gasteiger partial charge in [-0.05, 0) is 37.0 Å². The number of aromatic nitrogens is 2. The largest absolute Gasteiger partial charge is 0.492 e. The highest BCUT2D eigenvalue weighted by Gasteiger charge is 2.20. The molecular formula is C20H26N4O2. The quantitative estimate of drug-likeness (QED) is 0.738. The molecule has 3 rings (SSSR count). The Balaban J connectivity index is 1.46. The van der Waals surface area contributed by atoms with Gasteiger partial charge < -0.3 is 15.0 Å². The number of aryl methyl sites for hydroxylation is 1. The van der Waals surface area contributed by atoms with Crippen molar-refractivity contribution in [3.8, 4) is 5.75 Å². The van der Waals surface area contributed by atoms with Gasteiger partial charge in [0.2, 0.25) is 0 Å². The van der Waals surface area contributed by atoms with Crippen LogP contribution in [0.4, 0.5) is 5.82 Å². The van der Waals surface area contributed by atoms with Crippen molar-refractivity contribution < 1.29 is 9.53 Å².